The molecular formula is C28H25N3O4. The maximum absolute atomic E-state index is 13.8. The first-order chi connectivity index (χ1) is 16.8. The van der Waals surface area contributed by atoms with Crippen LogP contribution in [0.5, 0.6) is 0 Å². The number of amides is 2. The molecule has 2 aromatic heterocycles. The van der Waals surface area contributed by atoms with Crippen LogP contribution in [0.4, 0.5) is 5.69 Å². The van der Waals surface area contributed by atoms with E-state index in [1.807, 2.05) is 18.2 Å². The first-order valence-electron chi connectivity index (χ1n) is 11.8. The van der Waals surface area contributed by atoms with Crippen molar-refractivity contribution in [1.82, 2.24) is 9.47 Å². The Kier molecular flexibility index (Phi) is 4.71. The number of carbonyl (C=O) groups excluding carboxylic acids is 2. The molecule has 1 atom stereocenters. The van der Waals surface area contributed by atoms with Crippen molar-refractivity contribution in [2.24, 2.45) is 5.92 Å². The Morgan fingerprint density at radius 3 is 2.69 bits per heavy atom. The predicted octanol–water partition coefficient (Wildman–Crippen LogP) is 4.60. The number of anilines is 1. The topological polar surface area (TPSA) is 84.6 Å². The van der Waals surface area contributed by atoms with Gasteiger partial charge in [-0.05, 0) is 35.7 Å². The van der Waals surface area contributed by atoms with Gasteiger partial charge in [-0.2, -0.15) is 0 Å². The van der Waals surface area contributed by atoms with Gasteiger partial charge in [-0.3, -0.25) is 19.3 Å². The van der Waals surface area contributed by atoms with Crippen molar-refractivity contribution in [3.05, 3.63) is 87.5 Å². The number of aromatic nitrogens is 1. The highest BCUT2D eigenvalue weighted by Crippen LogP contribution is 2.46. The second-order valence-electron chi connectivity index (χ2n) is 9.71. The lowest BCUT2D eigenvalue weighted by atomic mass is 9.84. The fourth-order valence-electron chi connectivity index (χ4n) is 5.43. The molecule has 7 nitrogen and oxygen atoms in total. The summed E-state index contributed by atoms with van der Waals surface area (Å²) in [7, 11) is 0. The zero-order chi connectivity index (χ0) is 24.4. The predicted molar refractivity (Wildman–Crippen MR) is 134 cm³/mol. The molecule has 0 saturated carbocycles. The lowest BCUT2D eigenvalue weighted by molar-refractivity contribution is -0.139. The number of benzene rings is 2. The van der Waals surface area contributed by atoms with Gasteiger partial charge in [-0.25, -0.2) is 0 Å². The van der Waals surface area contributed by atoms with E-state index >= 15 is 0 Å². The molecule has 0 aliphatic carbocycles. The number of imide groups is 1. The van der Waals surface area contributed by atoms with Crippen molar-refractivity contribution < 1.29 is 14.0 Å². The van der Waals surface area contributed by atoms with Crippen LogP contribution in [-0.4, -0.2) is 27.8 Å². The van der Waals surface area contributed by atoms with E-state index < -0.39 is 5.92 Å². The van der Waals surface area contributed by atoms with Gasteiger partial charge in [0.1, 0.15) is 5.58 Å². The maximum atomic E-state index is 13.8. The first-order valence-corrected chi connectivity index (χ1v) is 11.8. The summed E-state index contributed by atoms with van der Waals surface area (Å²) in [6, 6.07) is 13.1. The van der Waals surface area contributed by atoms with Crippen LogP contribution >= 0.6 is 0 Å². The minimum atomic E-state index is -0.672. The molecule has 0 spiro atoms. The molecule has 4 heterocycles. The van der Waals surface area contributed by atoms with E-state index in [2.05, 4.69) is 36.0 Å². The molecule has 176 valence electrons. The SMILES string of the molecule is CC(=O)N1CC2=C(C1=O)[C@H](c1coc3ccccc3c1=O)c1cn(CC(C)C)c3cccc(c13)N2. The molecule has 2 aromatic carbocycles. The van der Waals surface area contributed by atoms with Gasteiger partial charge in [0.25, 0.3) is 5.91 Å². The molecule has 2 amide bonds. The van der Waals surface area contributed by atoms with Gasteiger partial charge in [-0.1, -0.05) is 32.0 Å². The van der Waals surface area contributed by atoms with Crippen LogP contribution in [0, 0.1) is 5.92 Å². The summed E-state index contributed by atoms with van der Waals surface area (Å²) in [5.74, 6) is -0.979. The average Bonchev–Trinajstić information content (AvgIpc) is 3.30. The molecule has 0 unspecified atom stereocenters. The number of fused-ring (bicyclic) bond motifs is 1. The third kappa shape index (κ3) is 3.15. The van der Waals surface area contributed by atoms with Crippen LogP contribution in [0.15, 0.2) is 75.4 Å². The highest BCUT2D eigenvalue weighted by atomic mass is 16.3. The van der Waals surface area contributed by atoms with Crippen LogP contribution < -0.4 is 10.7 Å². The lowest BCUT2D eigenvalue weighted by Gasteiger charge is -2.19. The Hall–Kier alpha value is -4.13. The van der Waals surface area contributed by atoms with Gasteiger partial charge in [0.05, 0.1) is 35.2 Å². The van der Waals surface area contributed by atoms with Crippen molar-refractivity contribution >= 4 is 39.4 Å². The summed E-state index contributed by atoms with van der Waals surface area (Å²) >= 11 is 0. The zero-order valence-electron chi connectivity index (χ0n) is 19.8. The number of carbonyl (C=O) groups is 2. The number of hydrogen-bond donors (Lipinski definition) is 1. The average molecular weight is 468 g/mol. The van der Waals surface area contributed by atoms with E-state index in [-0.39, 0.29) is 23.8 Å². The molecule has 0 bridgehead atoms. The van der Waals surface area contributed by atoms with Crippen molar-refractivity contribution in [3.8, 4) is 0 Å². The number of nitrogens with one attached hydrogen (secondary N) is 1. The highest BCUT2D eigenvalue weighted by molar-refractivity contribution is 6.11. The monoisotopic (exact) mass is 467 g/mol. The van der Waals surface area contributed by atoms with E-state index in [0.717, 1.165) is 28.7 Å². The molecule has 0 fully saturated rings. The van der Waals surface area contributed by atoms with Gasteiger partial charge in [0.2, 0.25) is 5.91 Å². The van der Waals surface area contributed by atoms with Crippen LogP contribution in [0.2, 0.25) is 0 Å². The highest BCUT2D eigenvalue weighted by Gasteiger charge is 2.42. The molecule has 2 aliphatic rings. The molecule has 6 rings (SSSR count). The quantitative estimate of drug-likeness (QED) is 0.476. The molecule has 7 heteroatoms. The van der Waals surface area contributed by atoms with Crippen molar-refractivity contribution in [3.63, 3.8) is 0 Å². The van der Waals surface area contributed by atoms with E-state index in [9.17, 15) is 14.4 Å². The van der Waals surface area contributed by atoms with Gasteiger partial charge < -0.3 is 14.3 Å². The summed E-state index contributed by atoms with van der Waals surface area (Å²) in [5.41, 5.74) is 4.51. The summed E-state index contributed by atoms with van der Waals surface area (Å²) in [4.78, 5) is 40.9. The van der Waals surface area contributed by atoms with Crippen molar-refractivity contribution in [2.45, 2.75) is 33.2 Å². The number of para-hydroxylation sites is 1. The summed E-state index contributed by atoms with van der Waals surface area (Å²) in [5, 5.41) is 4.88. The van der Waals surface area contributed by atoms with Gasteiger partial charge in [-0.15, -0.1) is 0 Å². The van der Waals surface area contributed by atoms with Gasteiger partial charge in [0, 0.05) is 42.0 Å². The molecule has 0 radical (unpaired) electrons. The van der Waals surface area contributed by atoms with Crippen LogP contribution in [0.3, 0.4) is 0 Å². The van der Waals surface area contributed by atoms with Gasteiger partial charge >= 0.3 is 0 Å². The second-order valence-corrected chi connectivity index (χ2v) is 9.71. The third-order valence-corrected chi connectivity index (χ3v) is 6.90. The first kappa shape index (κ1) is 21.4. The smallest absolute Gasteiger partial charge is 0.259 e. The Bertz CT molecular complexity index is 1640. The summed E-state index contributed by atoms with van der Waals surface area (Å²) < 4.78 is 8.07. The molecule has 35 heavy (non-hydrogen) atoms. The van der Waals surface area contributed by atoms with E-state index in [1.54, 1.807) is 18.2 Å². The van der Waals surface area contributed by atoms with E-state index in [1.165, 1.54) is 18.1 Å². The van der Waals surface area contributed by atoms with Gasteiger partial charge in [0.15, 0.2) is 5.43 Å². The fourth-order valence-corrected chi connectivity index (χ4v) is 5.43. The standard InChI is InChI=1S/C28H25N3O4/c1-15(2)11-30-12-18-24(19-14-35-23-10-5-4-7-17(23)27(19)33)26-21(13-31(16(3)32)28(26)34)29-20-8-6-9-22(30)25(18)20/h4-10,12,14-15,24,29H,11,13H2,1-3H3/t24-/m0/s1. The maximum Gasteiger partial charge on any atom is 0.259 e. The van der Waals surface area contributed by atoms with Crippen LogP contribution in [0.1, 0.15) is 37.8 Å². The fraction of sp³-hybridized carbons (Fsp3) is 0.250. The van der Waals surface area contributed by atoms with Crippen LogP contribution in [0.25, 0.3) is 21.9 Å². The molecule has 1 N–H and O–H groups in total. The summed E-state index contributed by atoms with van der Waals surface area (Å²) in [6.07, 6.45) is 3.53. The summed E-state index contributed by atoms with van der Waals surface area (Å²) in [6.45, 7) is 6.63. The minimum Gasteiger partial charge on any atom is -0.464 e. The van der Waals surface area contributed by atoms with E-state index in [4.69, 9.17) is 4.42 Å². The van der Waals surface area contributed by atoms with E-state index in [0.29, 0.717) is 33.7 Å². The largest absolute Gasteiger partial charge is 0.464 e. The molecular weight excluding hydrogens is 442 g/mol. The lowest BCUT2D eigenvalue weighted by Crippen LogP contribution is -2.33. The number of rotatable bonds is 3. The van der Waals surface area contributed by atoms with Crippen molar-refractivity contribution in [1.29, 1.82) is 0 Å². The number of hydrogen-bond acceptors (Lipinski definition) is 5. The third-order valence-electron chi connectivity index (χ3n) is 6.90. The second kappa shape index (κ2) is 7.70. The Morgan fingerprint density at radius 1 is 1.11 bits per heavy atom. The Labute approximate surface area is 201 Å². The van der Waals surface area contributed by atoms with Crippen molar-refractivity contribution in [2.75, 3.05) is 11.9 Å². The Morgan fingerprint density at radius 2 is 1.91 bits per heavy atom. The molecule has 2 aliphatic heterocycles. The molecule has 0 saturated heterocycles. The number of nitrogens with zero attached hydrogens (tertiary/aromatic N) is 2. The molecule has 4 aromatic rings. The minimum absolute atomic E-state index is 0.144. The van der Waals surface area contributed by atoms with Crippen LogP contribution in [-0.2, 0) is 16.1 Å². The Balaban J connectivity index is 1.68. The zero-order valence-corrected chi connectivity index (χ0v) is 19.8. The normalized spacial score (nSPS) is 17.3.